The van der Waals surface area contributed by atoms with Crippen molar-refractivity contribution in [2.45, 2.75) is 12.7 Å². The van der Waals surface area contributed by atoms with Gasteiger partial charge in [-0.3, -0.25) is 0 Å². The SMILES string of the molecule is S=C1N=C2C=CC=CN2C(c2ccccc2)N1Cc1ccccc1. The van der Waals surface area contributed by atoms with E-state index in [2.05, 4.69) is 69.5 Å². The summed E-state index contributed by atoms with van der Waals surface area (Å²) < 4.78 is 0. The van der Waals surface area contributed by atoms with Crippen molar-refractivity contribution in [2.75, 3.05) is 0 Å². The Hall–Kier alpha value is -2.72. The van der Waals surface area contributed by atoms with Crippen LogP contribution in [0.1, 0.15) is 17.3 Å². The number of amidine groups is 1. The van der Waals surface area contributed by atoms with Gasteiger partial charge >= 0.3 is 0 Å². The van der Waals surface area contributed by atoms with Crippen molar-refractivity contribution in [3.63, 3.8) is 0 Å². The van der Waals surface area contributed by atoms with E-state index in [4.69, 9.17) is 12.2 Å². The van der Waals surface area contributed by atoms with Gasteiger partial charge in [0, 0.05) is 12.7 Å². The average molecular weight is 331 g/mol. The number of fused-ring (bicyclic) bond motifs is 1. The van der Waals surface area contributed by atoms with Crippen LogP contribution in [-0.4, -0.2) is 20.7 Å². The van der Waals surface area contributed by atoms with Gasteiger partial charge in [0.1, 0.15) is 12.0 Å². The van der Waals surface area contributed by atoms with Crippen LogP contribution in [0.3, 0.4) is 0 Å². The van der Waals surface area contributed by atoms with Crippen LogP contribution in [0, 0.1) is 0 Å². The van der Waals surface area contributed by atoms with E-state index in [1.165, 1.54) is 11.1 Å². The number of allylic oxidation sites excluding steroid dienone is 2. The molecule has 0 fully saturated rings. The molecule has 118 valence electrons. The first-order valence-corrected chi connectivity index (χ1v) is 8.35. The number of nitrogens with zero attached hydrogens (tertiary/aromatic N) is 3. The van der Waals surface area contributed by atoms with Crippen LogP contribution in [0.15, 0.2) is 90.1 Å². The third kappa shape index (κ3) is 2.76. The van der Waals surface area contributed by atoms with E-state index in [0.717, 1.165) is 12.4 Å². The molecule has 2 aromatic carbocycles. The number of aliphatic imine (C=N–C) groups is 1. The van der Waals surface area contributed by atoms with E-state index in [1.807, 2.05) is 30.4 Å². The summed E-state index contributed by atoms with van der Waals surface area (Å²) in [4.78, 5) is 8.97. The number of thiocarbonyl (C=S) groups is 1. The lowest BCUT2D eigenvalue weighted by Crippen LogP contribution is -2.48. The molecule has 0 radical (unpaired) electrons. The van der Waals surface area contributed by atoms with Crippen molar-refractivity contribution >= 4 is 23.2 Å². The molecule has 4 heteroatoms. The number of hydrogen-bond donors (Lipinski definition) is 0. The molecule has 0 saturated carbocycles. The predicted molar refractivity (Wildman–Crippen MR) is 101 cm³/mol. The van der Waals surface area contributed by atoms with Gasteiger partial charge in [0.05, 0.1) is 0 Å². The summed E-state index contributed by atoms with van der Waals surface area (Å²) in [6.45, 7) is 0.726. The fourth-order valence-corrected chi connectivity index (χ4v) is 3.32. The second kappa shape index (κ2) is 6.42. The summed E-state index contributed by atoms with van der Waals surface area (Å²) in [6, 6.07) is 20.8. The Morgan fingerprint density at radius 3 is 2.38 bits per heavy atom. The van der Waals surface area contributed by atoms with Crippen LogP contribution >= 0.6 is 12.2 Å². The largest absolute Gasteiger partial charge is 0.318 e. The van der Waals surface area contributed by atoms with Crippen molar-refractivity contribution in [3.05, 3.63) is 96.2 Å². The van der Waals surface area contributed by atoms with E-state index < -0.39 is 0 Å². The summed E-state index contributed by atoms with van der Waals surface area (Å²) in [6.07, 6.45) is 8.10. The molecule has 24 heavy (non-hydrogen) atoms. The molecular weight excluding hydrogens is 314 g/mol. The van der Waals surface area contributed by atoms with E-state index in [9.17, 15) is 0 Å². The Kier molecular flexibility index (Phi) is 3.97. The van der Waals surface area contributed by atoms with Gasteiger partial charge in [-0.2, -0.15) is 0 Å². The van der Waals surface area contributed by atoms with Crippen LogP contribution in [-0.2, 0) is 6.54 Å². The van der Waals surface area contributed by atoms with Crippen LogP contribution < -0.4 is 0 Å². The number of rotatable bonds is 3. The van der Waals surface area contributed by atoms with Gasteiger partial charge in [-0.05, 0) is 35.5 Å². The summed E-state index contributed by atoms with van der Waals surface area (Å²) in [5.41, 5.74) is 2.42. The Balaban J connectivity index is 1.77. The minimum Gasteiger partial charge on any atom is -0.318 e. The van der Waals surface area contributed by atoms with E-state index in [-0.39, 0.29) is 6.17 Å². The predicted octanol–water partition coefficient (Wildman–Crippen LogP) is 4.27. The minimum atomic E-state index is 0.00704. The van der Waals surface area contributed by atoms with Gasteiger partial charge in [-0.25, -0.2) is 4.99 Å². The molecule has 0 spiro atoms. The highest BCUT2D eigenvalue weighted by molar-refractivity contribution is 7.80. The van der Waals surface area contributed by atoms with Gasteiger partial charge in [0.2, 0.25) is 0 Å². The highest BCUT2D eigenvalue weighted by Crippen LogP contribution is 2.32. The van der Waals surface area contributed by atoms with Crippen molar-refractivity contribution in [1.29, 1.82) is 0 Å². The summed E-state index contributed by atoms with van der Waals surface area (Å²) in [5.74, 6) is 0.890. The molecule has 0 bridgehead atoms. The first-order chi connectivity index (χ1) is 11.8. The third-order valence-electron chi connectivity index (χ3n) is 4.18. The van der Waals surface area contributed by atoms with Gasteiger partial charge in [0.15, 0.2) is 5.11 Å². The molecule has 2 aliphatic rings. The highest BCUT2D eigenvalue weighted by Gasteiger charge is 2.33. The van der Waals surface area contributed by atoms with E-state index in [1.54, 1.807) is 0 Å². The molecule has 0 N–H and O–H groups in total. The molecule has 2 aliphatic heterocycles. The molecule has 0 saturated heterocycles. The van der Waals surface area contributed by atoms with Crippen molar-refractivity contribution in [1.82, 2.24) is 9.80 Å². The lowest BCUT2D eigenvalue weighted by atomic mass is 10.1. The molecule has 3 nitrogen and oxygen atoms in total. The zero-order valence-corrected chi connectivity index (χ0v) is 13.9. The maximum absolute atomic E-state index is 5.63. The van der Waals surface area contributed by atoms with E-state index >= 15 is 0 Å². The monoisotopic (exact) mass is 331 g/mol. The quantitative estimate of drug-likeness (QED) is 0.783. The van der Waals surface area contributed by atoms with Crippen molar-refractivity contribution < 1.29 is 0 Å². The van der Waals surface area contributed by atoms with Crippen LogP contribution in [0.25, 0.3) is 0 Å². The van der Waals surface area contributed by atoms with Crippen LogP contribution in [0.5, 0.6) is 0 Å². The topological polar surface area (TPSA) is 18.8 Å². The first kappa shape index (κ1) is 14.8. The fourth-order valence-electron chi connectivity index (χ4n) is 3.07. The second-order valence-corrected chi connectivity index (χ2v) is 6.12. The Morgan fingerprint density at radius 2 is 1.62 bits per heavy atom. The lowest BCUT2D eigenvalue weighted by molar-refractivity contribution is 0.187. The Labute approximate surface area is 147 Å². The highest BCUT2D eigenvalue weighted by atomic mass is 32.1. The van der Waals surface area contributed by atoms with E-state index in [0.29, 0.717) is 5.11 Å². The van der Waals surface area contributed by atoms with Gasteiger partial charge < -0.3 is 9.80 Å². The number of benzene rings is 2. The zero-order chi connectivity index (χ0) is 16.4. The fraction of sp³-hybridized carbons (Fsp3) is 0.100. The molecule has 2 heterocycles. The molecule has 0 aliphatic carbocycles. The maximum atomic E-state index is 5.63. The summed E-state index contributed by atoms with van der Waals surface area (Å²) in [5, 5.41) is 0.624. The summed E-state index contributed by atoms with van der Waals surface area (Å²) in [7, 11) is 0. The molecule has 0 aromatic heterocycles. The summed E-state index contributed by atoms with van der Waals surface area (Å²) >= 11 is 5.63. The van der Waals surface area contributed by atoms with Crippen LogP contribution in [0.2, 0.25) is 0 Å². The lowest BCUT2D eigenvalue weighted by Gasteiger charge is -2.43. The minimum absolute atomic E-state index is 0.00704. The van der Waals surface area contributed by atoms with Gasteiger partial charge in [-0.15, -0.1) is 0 Å². The second-order valence-electron chi connectivity index (χ2n) is 5.76. The first-order valence-electron chi connectivity index (χ1n) is 7.94. The average Bonchev–Trinajstić information content (AvgIpc) is 2.64. The molecule has 4 rings (SSSR count). The zero-order valence-electron chi connectivity index (χ0n) is 13.1. The Bertz CT molecular complexity index is 824. The van der Waals surface area contributed by atoms with Gasteiger partial charge in [-0.1, -0.05) is 66.7 Å². The third-order valence-corrected chi connectivity index (χ3v) is 4.50. The number of hydrogen-bond acceptors (Lipinski definition) is 2. The van der Waals surface area contributed by atoms with Crippen molar-refractivity contribution in [3.8, 4) is 0 Å². The van der Waals surface area contributed by atoms with Gasteiger partial charge in [0.25, 0.3) is 0 Å². The molecular formula is C20H17N3S. The maximum Gasteiger partial charge on any atom is 0.199 e. The molecule has 2 aromatic rings. The van der Waals surface area contributed by atoms with Crippen LogP contribution in [0.4, 0.5) is 0 Å². The molecule has 0 amide bonds. The molecule has 1 unspecified atom stereocenters. The normalized spacial score (nSPS) is 19.2. The smallest absolute Gasteiger partial charge is 0.199 e. The standard InChI is InChI=1S/C20H17N3S/c24-20-21-18-13-7-8-14-22(18)19(17-11-5-2-6-12-17)23(20)15-16-9-3-1-4-10-16/h1-14,19H,15H2. The molecule has 1 atom stereocenters. The van der Waals surface area contributed by atoms with Crippen molar-refractivity contribution in [2.24, 2.45) is 4.99 Å². The Morgan fingerprint density at radius 1 is 0.917 bits per heavy atom.